The monoisotopic (exact) mass is 249 g/mol. The minimum atomic E-state index is -0.977. The number of carbonyl (C=O) groups excluding carboxylic acids is 1. The second-order valence-electron chi connectivity index (χ2n) is 4.41. The molecule has 1 aromatic carbocycles. The first kappa shape index (κ1) is 14.2. The van der Waals surface area contributed by atoms with Crippen molar-refractivity contribution in [2.45, 2.75) is 39.2 Å². The molecule has 0 radical (unpaired) electrons. The van der Waals surface area contributed by atoms with Crippen molar-refractivity contribution < 1.29 is 14.7 Å². The van der Waals surface area contributed by atoms with Gasteiger partial charge in [-0.1, -0.05) is 43.2 Å². The van der Waals surface area contributed by atoms with Crippen molar-refractivity contribution in [1.82, 2.24) is 5.32 Å². The number of amides is 1. The van der Waals surface area contributed by atoms with Crippen molar-refractivity contribution in [1.29, 1.82) is 0 Å². The molecule has 0 spiro atoms. The Hall–Kier alpha value is -1.84. The Morgan fingerprint density at radius 3 is 2.67 bits per heavy atom. The maximum absolute atomic E-state index is 11.7. The molecule has 2 N–H and O–H groups in total. The number of carboxylic acids is 1. The Bertz CT molecular complexity index is 429. The maximum Gasteiger partial charge on any atom is 0.326 e. The van der Waals surface area contributed by atoms with Crippen molar-refractivity contribution in [3.63, 3.8) is 0 Å². The van der Waals surface area contributed by atoms with Crippen molar-refractivity contribution in [2.24, 2.45) is 0 Å². The largest absolute Gasteiger partial charge is 0.480 e. The number of hydrogen-bond acceptors (Lipinski definition) is 2. The van der Waals surface area contributed by atoms with E-state index in [1.807, 2.05) is 38.1 Å². The summed E-state index contributed by atoms with van der Waals surface area (Å²) in [5.41, 5.74) is 1.98. The first-order chi connectivity index (χ1) is 8.52. The van der Waals surface area contributed by atoms with Gasteiger partial charge >= 0.3 is 5.97 Å². The molecule has 0 aromatic heterocycles. The predicted octanol–water partition coefficient (Wildman–Crippen LogP) is 1.91. The van der Waals surface area contributed by atoms with Crippen LogP contribution in [0.5, 0.6) is 0 Å². The molecule has 0 aliphatic heterocycles. The predicted molar refractivity (Wildman–Crippen MR) is 69.4 cm³/mol. The van der Waals surface area contributed by atoms with Crippen LogP contribution in [-0.2, 0) is 16.0 Å². The van der Waals surface area contributed by atoms with E-state index in [1.54, 1.807) is 0 Å². The molecular formula is C14H19NO3. The number of carbonyl (C=O) groups is 2. The van der Waals surface area contributed by atoms with Gasteiger partial charge in [0.05, 0.1) is 6.42 Å². The lowest BCUT2D eigenvalue weighted by atomic mass is 10.1. The molecule has 0 fully saturated rings. The lowest BCUT2D eigenvalue weighted by molar-refractivity contribution is -0.141. The van der Waals surface area contributed by atoms with Gasteiger partial charge in [0.1, 0.15) is 6.04 Å². The van der Waals surface area contributed by atoms with E-state index < -0.39 is 12.0 Å². The summed E-state index contributed by atoms with van der Waals surface area (Å²) < 4.78 is 0. The van der Waals surface area contributed by atoms with Crippen LogP contribution < -0.4 is 5.32 Å². The zero-order valence-electron chi connectivity index (χ0n) is 10.8. The minimum Gasteiger partial charge on any atom is -0.480 e. The summed E-state index contributed by atoms with van der Waals surface area (Å²) in [7, 11) is 0. The molecule has 18 heavy (non-hydrogen) atoms. The lowest BCUT2D eigenvalue weighted by Gasteiger charge is -2.13. The molecule has 1 amide bonds. The van der Waals surface area contributed by atoms with Crippen LogP contribution in [0.25, 0.3) is 0 Å². The van der Waals surface area contributed by atoms with Gasteiger partial charge in [0.15, 0.2) is 0 Å². The van der Waals surface area contributed by atoms with Crippen LogP contribution >= 0.6 is 0 Å². The first-order valence-corrected chi connectivity index (χ1v) is 6.10. The van der Waals surface area contributed by atoms with Gasteiger partial charge in [-0.2, -0.15) is 0 Å². The fourth-order valence-corrected chi connectivity index (χ4v) is 1.80. The SMILES string of the molecule is CCC[C@@H](NC(=O)Cc1cccc(C)c1)C(=O)O. The van der Waals surface area contributed by atoms with E-state index in [-0.39, 0.29) is 12.3 Å². The molecule has 0 unspecified atom stereocenters. The van der Waals surface area contributed by atoms with Gasteiger partial charge in [0.2, 0.25) is 5.91 Å². The molecule has 0 saturated carbocycles. The van der Waals surface area contributed by atoms with E-state index in [1.165, 1.54) is 0 Å². The number of carboxylic acid groups (broad SMARTS) is 1. The smallest absolute Gasteiger partial charge is 0.326 e. The van der Waals surface area contributed by atoms with Crippen LogP contribution in [0, 0.1) is 6.92 Å². The van der Waals surface area contributed by atoms with E-state index in [0.29, 0.717) is 6.42 Å². The topological polar surface area (TPSA) is 66.4 Å². The maximum atomic E-state index is 11.7. The number of hydrogen-bond donors (Lipinski definition) is 2. The molecule has 0 bridgehead atoms. The zero-order valence-corrected chi connectivity index (χ0v) is 10.8. The highest BCUT2D eigenvalue weighted by molar-refractivity contribution is 5.84. The van der Waals surface area contributed by atoms with E-state index in [0.717, 1.165) is 17.5 Å². The molecule has 1 aromatic rings. The molecule has 4 heteroatoms. The van der Waals surface area contributed by atoms with Crippen molar-refractivity contribution >= 4 is 11.9 Å². The first-order valence-electron chi connectivity index (χ1n) is 6.10. The quantitative estimate of drug-likeness (QED) is 0.809. The van der Waals surface area contributed by atoms with Crippen molar-refractivity contribution in [3.05, 3.63) is 35.4 Å². The third-order valence-electron chi connectivity index (χ3n) is 2.66. The van der Waals surface area contributed by atoms with E-state index in [9.17, 15) is 9.59 Å². The van der Waals surface area contributed by atoms with Crippen LogP contribution in [0.15, 0.2) is 24.3 Å². The fraction of sp³-hybridized carbons (Fsp3) is 0.429. The number of aryl methyl sites for hydroxylation is 1. The second kappa shape index (κ2) is 6.79. The highest BCUT2D eigenvalue weighted by Gasteiger charge is 2.18. The Morgan fingerprint density at radius 1 is 1.39 bits per heavy atom. The molecular weight excluding hydrogens is 230 g/mol. The van der Waals surface area contributed by atoms with Crippen molar-refractivity contribution in [3.8, 4) is 0 Å². The normalized spacial score (nSPS) is 11.9. The zero-order chi connectivity index (χ0) is 13.5. The summed E-state index contributed by atoms with van der Waals surface area (Å²) in [5.74, 6) is -1.23. The Balaban J connectivity index is 2.57. The van der Waals surface area contributed by atoms with Crippen molar-refractivity contribution in [2.75, 3.05) is 0 Å². The molecule has 98 valence electrons. The third-order valence-corrected chi connectivity index (χ3v) is 2.66. The van der Waals surface area contributed by atoms with Gasteiger partial charge in [0, 0.05) is 0 Å². The van der Waals surface area contributed by atoms with E-state index in [4.69, 9.17) is 5.11 Å². The third kappa shape index (κ3) is 4.57. The molecule has 1 atom stereocenters. The summed E-state index contributed by atoms with van der Waals surface area (Å²) in [5, 5.41) is 11.5. The summed E-state index contributed by atoms with van der Waals surface area (Å²) in [6, 6.07) is 6.85. The van der Waals surface area contributed by atoms with Crippen LogP contribution in [0.3, 0.4) is 0 Å². The summed E-state index contributed by atoms with van der Waals surface area (Å²) in [6.07, 6.45) is 1.39. The minimum absolute atomic E-state index is 0.217. The number of benzene rings is 1. The van der Waals surface area contributed by atoms with Gasteiger partial charge in [-0.25, -0.2) is 4.79 Å². The van der Waals surface area contributed by atoms with Gasteiger partial charge in [0.25, 0.3) is 0 Å². The van der Waals surface area contributed by atoms with Gasteiger partial charge in [-0.3, -0.25) is 4.79 Å². The lowest BCUT2D eigenvalue weighted by Crippen LogP contribution is -2.41. The summed E-state index contributed by atoms with van der Waals surface area (Å²) in [4.78, 5) is 22.7. The average molecular weight is 249 g/mol. The molecule has 0 aliphatic carbocycles. The van der Waals surface area contributed by atoms with Gasteiger partial charge < -0.3 is 10.4 Å². The Labute approximate surface area is 107 Å². The second-order valence-corrected chi connectivity index (χ2v) is 4.41. The Morgan fingerprint density at radius 2 is 2.11 bits per heavy atom. The molecule has 4 nitrogen and oxygen atoms in total. The molecule has 0 saturated heterocycles. The Kier molecular flexibility index (Phi) is 5.36. The summed E-state index contributed by atoms with van der Waals surface area (Å²) >= 11 is 0. The highest BCUT2D eigenvalue weighted by Crippen LogP contribution is 2.05. The van der Waals surface area contributed by atoms with Crippen LogP contribution in [0.2, 0.25) is 0 Å². The van der Waals surface area contributed by atoms with Gasteiger partial charge in [-0.05, 0) is 18.9 Å². The van der Waals surface area contributed by atoms with E-state index in [2.05, 4.69) is 5.32 Å². The van der Waals surface area contributed by atoms with Crippen LogP contribution in [-0.4, -0.2) is 23.0 Å². The standard InChI is InChI=1S/C14H19NO3/c1-3-5-12(14(17)18)15-13(16)9-11-7-4-6-10(2)8-11/h4,6-8,12H,3,5,9H2,1-2H3,(H,15,16)(H,17,18)/t12-/m1/s1. The number of nitrogens with one attached hydrogen (secondary N) is 1. The van der Waals surface area contributed by atoms with Gasteiger partial charge in [-0.15, -0.1) is 0 Å². The van der Waals surface area contributed by atoms with Crippen LogP contribution in [0.1, 0.15) is 30.9 Å². The van der Waals surface area contributed by atoms with E-state index >= 15 is 0 Å². The number of rotatable bonds is 6. The molecule has 1 rings (SSSR count). The molecule has 0 heterocycles. The highest BCUT2D eigenvalue weighted by atomic mass is 16.4. The molecule has 0 aliphatic rings. The fourth-order valence-electron chi connectivity index (χ4n) is 1.80. The average Bonchev–Trinajstić information content (AvgIpc) is 2.28. The number of aliphatic carboxylic acids is 1. The summed E-state index contributed by atoms with van der Waals surface area (Å²) in [6.45, 7) is 3.85. The van der Waals surface area contributed by atoms with Crippen LogP contribution in [0.4, 0.5) is 0 Å².